The highest BCUT2D eigenvalue weighted by molar-refractivity contribution is 5.45. The van der Waals surface area contributed by atoms with Crippen LogP contribution in [0.15, 0.2) is 18.2 Å². The molecule has 1 rings (SSSR count). The Morgan fingerprint density at radius 1 is 1.42 bits per heavy atom. The molecule has 0 fully saturated rings. The van der Waals surface area contributed by atoms with Gasteiger partial charge in [0.15, 0.2) is 0 Å². The number of halogens is 2. The molecule has 0 amide bonds. The molecular formula is C9H11F2N. The Hall–Kier alpha value is -1.12. The first-order valence-corrected chi connectivity index (χ1v) is 3.80. The lowest BCUT2D eigenvalue weighted by atomic mass is 10.2. The van der Waals surface area contributed by atoms with E-state index in [0.29, 0.717) is 5.69 Å². The zero-order valence-corrected chi connectivity index (χ0v) is 6.90. The van der Waals surface area contributed by atoms with E-state index in [2.05, 4.69) is 5.32 Å². The Morgan fingerprint density at radius 3 is 2.75 bits per heavy atom. The maximum Gasteiger partial charge on any atom is 0.146 e. The van der Waals surface area contributed by atoms with E-state index < -0.39 is 6.67 Å². The van der Waals surface area contributed by atoms with E-state index in [9.17, 15) is 8.78 Å². The number of hydrogen-bond acceptors (Lipinski definition) is 1. The first-order valence-electron chi connectivity index (χ1n) is 3.80. The highest BCUT2D eigenvalue weighted by Gasteiger charge is 1.99. The van der Waals surface area contributed by atoms with Crippen molar-refractivity contribution in [1.29, 1.82) is 0 Å². The third-order valence-corrected chi connectivity index (χ3v) is 1.53. The van der Waals surface area contributed by atoms with Crippen LogP contribution < -0.4 is 5.32 Å². The highest BCUT2D eigenvalue weighted by atomic mass is 19.1. The molecule has 0 aliphatic heterocycles. The van der Waals surface area contributed by atoms with E-state index in [1.807, 2.05) is 6.92 Å². The van der Waals surface area contributed by atoms with Crippen molar-refractivity contribution in [2.24, 2.45) is 0 Å². The second-order valence-electron chi connectivity index (χ2n) is 2.60. The summed E-state index contributed by atoms with van der Waals surface area (Å²) in [5.74, 6) is -0.330. The van der Waals surface area contributed by atoms with Gasteiger partial charge in [-0.1, -0.05) is 6.07 Å². The molecule has 0 bridgehead atoms. The second-order valence-corrected chi connectivity index (χ2v) is 2.60. The lowest BCUT2D eigenvalue weighted by Crippen LogP contribution is -2.04. The molecule has 0 atom stereocenters. The lowest BCUT2D eigenvalue weighted by molar-refractivity contribution is 0.511. The summed E-state index contributed by atoms with van der Waals surface area (Å²) in [5, 5.41) is 2.64. The average molecular weight is 171 g/mol. The first-order chi connectivity index (χ1) is 5.74. The largest absolute Gasteiger partial charge is 0.380 e. The van der Waals surface area contributed by atoms with Gasteiger partial charge in [-0.25, -0.2) is 8.78 Å². The molecular weight excluding hydrogens is 160 g/mol. The van der Waals surface area contributed by atoms with Crippen LogP contribution in [0.1, 0.15) is 5.56 Å². The smallest absolute Gasteiger partial charge is 0.146 e. The third kappa shape index (κ3) is 2.19. The van der Waals surface area contributed by atoms with Crippen molar-refractivity contribution in [3.05, 3.63) is 29.6 Å². The molecule has 0 heterocycles. The summed E-state index contributed by atoms with van der Waals surface area (Å²) in [7, 11) is 0. The summed E-state index contributed by atoms with van der Waals surface area (Å²) in [5.41, 5.74) is 1.22. The van der Waals surface area contributed by atoms with E-state index in [-0.39, 0.29) is 12.4 Å². The molecule has 0 aliphatic carbocycles. The minimum atomic E-state index is -0.493. The molecule has 0 spiro atoms. The van der Waals surface area contributed by atoms with E-state index in [1.54, 1.807) is 12.1 Å². The van der Waals surface area contributed by atoms with Crippen LogP contribution in [0.3, 0.4) is 0 Å². The van der Waals surface area contributed by atoms with Gasteiger partial charge in [-0.05, 0) is 24.6 Å². The van der Waals surface area contributed by atoms with Crippen molar-refractivity contribution >= 4 is 5.69 Å². The molecule has 66 valence electrons. The topological polar surface area (TPSA) is 12.0 Å². The number of hydrogen-bond donors (Lipinski definition) is 1. The molecule has 0 aliphatic rings. The van der Waals surface area contributed by atoms with Crippen molar-refractivity contribution in [3.8, 4) is 0 Å². The second kappa shape index (κ2) is 4.04. The molecule has 1 nitrogen and oxygen atoms in total. The molecule has 0 unspecified atom stereocenters. The Balaban J connectivity index is 2.72. The fourth-order valence-electron chi connectivity index (χ4n) is 0.945. The van der Waals surface area contributed by atoms with Gasteiger partial charge in [-0.2, -0.15) is 0 Å². The van der Waals surface area contributed by atoms with Gasteiger partial charge in [0.1, 0.15) is 12.5 Å². The fourth-order valence-corrected chi connectivity index (χ4v) is 0.945. The van der Waals surface area contributed by atoms with Crippen LogP contribution >= 0.6 is 0 Å². The van der Waals surface area contributed by atoms with E-state index >= 15 is 0 Å². The molecule has 1 aromatic carbocycles. The Morgan fingerprint density at radius 2 is 2.17 bits per heavy atom. The van der Waals surface area contributed by atoms with Crippen LogP contribution in [0.4, 0.5) is 14.5 Å². The van der Waals surface area contributed by atoms with Gasteiger partial charge in [0.2, 0.25) is 0 Å². The minimum Gasteiger partial charge on any atom is -0.380 e. The number of anilines is 1. The van der Waals surface area contributed by atoms with Crippen LogP contribution in [0, 0.1) is 12.7 Å². The first kappa shape index (κ1) is 8.97. The monoisotopic (exact) mass is 171 g/mol. The van der Waals surface area contributed by atoms with E-state index in [1.165, 1.54) is 6.07 Å². The van der Waals surface area contributed by atoms with Crippen LogP contribution in [-0.4, -0.2) is 13.2 Å². The van der Waals surface area contributed by atoms with Gasteiger partial charge in [0, 0.05) is 6.54 Å². The third-order valence-electron chi connectivity index (χ3n) is 1.53. The van der Waals surface area contributed by atoms with Crippen molar-refractivity contribution in [2.45, 2.75) is 6.92 Å². The number of nitrogens with one attached hydrogen (secondary N) is 1. The molecule has 0 saturated carbocycles. The van der Waals surface area contributed by atoms with Crippen molar-refractivity contribution in [1.82, 2.24) is 0 Å². The van der Waals surface area contributed by atoms with Crippen LogP contribution in [0.25, 0.3) is 0 Å². The SMILES string of the molecule is Cc1ccc(NCCF)c(F)c1. The standard InChI is InChI=1S/C9H11F2N/c1-7-2-3-9(8(11)6-7)12-5-4-10/h2-3,6,12H,4-5H2,1H3. The molecule has 0 saturated heterocycles. The summed E-state index contributed by atoms with van der Waals surface area (Å²) in [6.07, 6.45) is 0. The molecule has 3 heteroatoms. The molecule has 12 heavy (non-hydrogen) atoms. The number of aryl methyl sites for hydroxylation is 1. The zero-order chi connectivity index (χ0) is 8.97. The molecule has 0 aromatic heterocycles. The normalized spacial score (nSPS) is 9.92. The van der Waals surface area contributed by atoms with E-state index in [0.717, 1.165) is 5.56 Å². The maximum absolute atomic E-state index is 13.0. The summed E-state index contributed by atoms with van der Waals surface area (Å²) < 4.78 is 24.7. The van der Waals surface area contributed by atoms with E-state index in [4.69, 9.17) is 0 Å². The summed E-state index contributed by atoms with van der Waals surface area (Å²) >= 11 is 0. The quantitative estimate of drug-likeness (QED) is 0.736. The van der Waals surface area contributed by atoms with Gasteiger partial charge in [-0.3, -0.25) is 0 Å². The van der Waals surface area contributed by atoms with Crippen molar-refractivity contribution in [2.75, 3.05) is 18.5 Å². The average Bonchev–Trinajstić information content (AvgIpc) is 2.03. The van der Waals surface area contributed by atoms with Gasteiger partial charge in [0.25, 0.3) is 0 Å². The van der Waals surface area contributed by atoms with Crippen molar-refractivity contribution < 1.29 is 8.78 Å². The van der Waals surface area contributed by atoms with Crippen LogP contribution in [0.5, 0.6) is 0 Å². The summed E-state index contributed by atoms with van der Waals surface area (Å²) in [6.45, 7) is 1.47. The Bertz CT molecular complexity index is 261. The molecule has 1 N–H and O–H groups in total. The molecule has 0 radical (unpaired) electrons. The minimum absolute atomic E-state index is 0.153. The van der Waals surface area contributed by atoms with Gasteiger partial charge >= 0.3 is 0 Å². The number of rotatable bonds is 3. The lowest BCUT2D eigenvalue weighted by Gasteiger charge is -2.05. The highest BCUT2D eigenvalue weighted by Crippen LogP contribution is 2.14. The predicted molar refractivity (Wildman–Crippen MR) is 45.6 cm³/mol. The van der Waals surface area contributed by atoms with Gasteiger partial charge in [0.05, 0.1) is 5.69 Å². The Kier molecular flexibility index (Phi) is 3.02. The van der Waals surface area contributed by atoms with Crippen LogP contribution in [0.2, 0.25) is 0 Å². The van der Waals surface area contributed by atoms with Gasteiger partial charge in [-0.15, -0.1) is 0 Å². The summed E-state index contributed by atoms with van der Waals surface area (Å²) in [6, 6.07) is 4.81. The zero-order valence-electron chi connectivity index (χ0n) is 6.90. The molecule has 1 aromatic rings. The summed E-state index contributed by atoms with van der Waals surface area (Å²) in [4.78, 5) is 0. The van der Waals surface area contributed by atoms with Crippen molar-refractivity contribution in [3.63, 3.8) is 0 Å². The van der Waals surface area contributed by atoms with Gasteiger partial charge < -0.3 is 5.32 Å². The van der Waals surface area contributed by atoms with Crippen LogP contribution in [-0.2, 0) is 0 Å². The maximum atomic E-state index is 13.0. The fraction of sp³-hybridized carbons (Fsp3) is 0.333. The number of benzene rings is 1. The Labute approximate surface area is 70.4 Å². The predicted octanol–water partition coefficient (Wildman–Crippen LogP) is 2.52. The number of alkyl halides is 1.